The van der Waals surface area contributed by atoms with Crippen molar-refractivity contribution in [1.29, 1.82) is 0 Å². The number of aromatic nitrogens is 2. The summed E-state index contributed by atoms with van der Waals surface area (Å²) in [6.45, 7) is -0.153. The molecule has 0 amide bonds. The molecule has 0 aliphatic carbocycles. The maximum absolute atomic E-state index is 13.2. The number of Topliss-reactive ketones (excluding diaryl/α,β-unsaturated/α-hetero) is 1. The summed E-state index contributed by atoms with van der Waals surface area (Å²) < 4.78 is 20.8. The third-order valence-corrected chi connectivity index (χ3v) is 2.79. The molecular formula is C13H13FN2O3. The standard InChI is InChI=1S/C13H13FN2O3/c1-15-5-6-16(13(15)18)8-11(17)10-7-9(14)3-4-12(10)19-2/h3-7H,8H2,1-2H3. The van der Waals surface area contributed by atoms with Crippen molar-refractivity contribution >= 4 is 5.78 Å². The Morgan fingerprint density at radius 1 is 1.37 bits per heavy atom. The van der Waals surface area contributed by atoms with Crippen LogP contribution in [0.5, 0.6) is 5.75 Å². The fraction of sp³-hybridized carbons (Fsp3) is 0.231. The molecule has 1 aromatic heterocycles. The summed E-state index contributed by atoms with van der Waals surface area (Å²) in [6.07, 6.45) is 3.06. The van der Waals surface area contributed by atoms with Crippen LogP contribution in [0, 0.1) is 5.82 Å². The fourth-order valence-electron chi connectivity index (χ4n) is 1.77. The van der Waals surface area contributed by atoms with Gasteiger partial charge in [0.25, 0.3) is 0 Å². The lowest BCUT2D eigenvalue weighted by molar-refractivity contribution is 0.0967. The van der Waals surface area contributed by atoms with Crippen molar-refractivity contribution in [3.8, 4) is 5.75 Å². The highest BCUT2D eigenvalue weighted by Gasteiger charge is 2.15. The number of ether oxygens (including phenoxy) is 1. The summed E-state index contributed by atoms with van der Waals surface area (Å²) >= 11 is 0. The van der Waals surface area contributed by atoms with E-state index in [0.29, 0.717) is 0 Å². The zero-order chi connectivity index (χ0) is 14.0. The summed E-state index contributed by atoms with van der Waals surface area (Å²) in [6, 6.07) is 3.70. The molecule has 0 saturated heterocycles. The SMILES string of the molecule is COc1ccc(F)cc1C(=O)Cn1ccn(C)c1=O. The van der Waals surface area contributed by atoms with Gasteiger partial charge in [0.05, 0.1) is 19.2 Å². The number of carbonyl (C=O) groups is 1. The molecule has 0 saturated carbocycles. The van der Waals surface area contributed by atoms with Crippen LogP contribution in [-0.4, -0.2) is 22.0 Å². The number of benzene rings is 1. The molecule has 2 rings (SSSR count). The Hall–Kier alpha value is -2.37. The van der Waals surface area contributed by atoms with E-state index in [1.165, 1.54) is 34.6 Å². The van der Waals surface area contributed by atoms with Crippen molar-refractivity contribution in [2.45, 2.75) is 6.54 Å². The minimum atomic E-state index is -0.524. The molecule has 0 spiro atoms. The van der Waals surface area contributed by atoms with Gasteiger partial charge in [0, 0.05) is 19.4 Å². The Balaban J connectivity index is 2.32. The lowest BCUT2D eigenvalue weighted by Gasteiger charge is -2.07. The zero-order valence-electron chi connectivity index (χ0n) is 10.6. The van der Waals surface area contributed by atoms with Crippen LogP contribution >= 0.6 is 0 Å². The minimum Gasteiger partial charge on any atom is -0.496 e. The molecule has 0 atom stereocenters. The molecule has 0 N–H and O–H groups in total. The van der Waals surface area contributed by atoms with E-state index in [4.69, 9.17) is 4.74 Å². The number of rotatable bonds is 4. The van der Waals surface area contributed by atoms with Gasteiger partial charge in [0.2, 0.25) is 0 Å². The molecule has 0 aliphatic heterocycles. The maximum Gasteiger partial charge on any atom is 0.328 e. The Bertz CT molecular complexity index is 673. The Labute approximate surface area is 108 Å². The summed E-state index contributed by atoms with van der Waals surface area (Å²) in [5.41, 5.74) is -0.179. The zero-order valence-corrected chi connectivity index (χ0v) is 10.6. The highest BCUT2D eigenvalue weighted by molar-refractivity contribution is 5.98. The van der Waals surface area contributed by atoms with Crippen LogP contribution in [0.3, 0.4) is 0 Å². The highest BCUT2D eigenvalue weighted by Crippen LogP contribution is 2.20. The average Bonchev–Trinajstić information content (AvgIpc) is 2.70. The van der Waals surface area contributed by atoms with E-state index < -0.39 is 5.82 Å². The van der Waals surface area contributed by atoms with Gasteiger partial charge in [-0.15, -0.1) is 0 Å². The minimum absolute atomic E-state index is 0.123. The molecule has 6 heteroatoms. The molecule has 1 aromatic carbocycles. The molecule has 0 aliphatic rings. The number of hydrogen-bond acceptors (Lipinski definition) is 3. The first-order valence-corrected chi connectivity index (χ1v) is 5.61. The quantitative estimate of drug-likeness (QED) is 0.780. The number of methoxy groups -OCH3 is 1. The molecule has 5 nitrogen and oxygen atoms in total. The fourth-order valence-corrected chi connectivity index (χ4v) is 1.77. The van der Waals surface area contributed by atoms with E-state index in [9.17, 15) is 14.0 Å². The second-order valence-corrected chi connectivity index (χ2v) is 4.09. The second-order valence-electron chi connectivity index (χ2n) is 4.09. The highest BCUT2D eigenvalue weighted by atomic mass is 19.1. The van der Waals surface area contributed by atoms with Crippen LogP contribution in [0.15, 0.2) is 35.4 Å². The Morgan fingerprint density at radius 2 is 2.11 bits per heavy atom. The molecule has 0 bridgehead atoms. The predicted molar refractivity (Wildman–Crippen MR) is 67.0 cm³/mol. The van der Waals surface area contributed by atoms with Crippen molar-refractivity contribution < 1.29 is 13.9 Å². The van der Waals surface area contributed by atoms with Crippen LogP contribution in [0.2, 0.25) is 0 Å². The first kappa shape index (κ1) is 13.1. The van der Waals surface area contributed by atoms with Gasteiger partial charge in [-0.1, -0.05) is 0 Å². The van der Waals surface area contributed by atoms with E-state index in [2.05, 4.69) is 0 Å². The molecule has 0 fully saturated rings. The van der Waals surface area contributed by atoms with Gasteiger partial charge in [0.15, 0.2) is 5.78 Å². The first-order chi connectivity index (χ1) is 9.02. The molecule has 0 unspecified atom stereocenters. The van der Waals surface area contributed by atoms with Crippen LogP contribution in [0.1, 0.15) is 10.4 Å². The van der Waals surface area contributed by atoms with Gasteiger partial charge in [-0.2, -0.15) is 0 Å². The summed E-state index contributed by atoms with van der Waals surface area (Å²) in [5, 5.41) is 0. The number of imidazole rings is 1. The first-order valence-electron chi connectivity index (χ1n) is 5.61. The van der Waals surface area contributed by atoms with Crippen LogP contribution in [0.25, 0.3) is 0 Å². The third kappa shape index (κ3) is 2.57. The van der Waals surface area contributed by atoms with E-state index in [1.807, 2.05) is 0 Å². The molecule has 2 aromatic rings. The summed E-state index contributed by atoms with van der Waals surface area (Å²) in [5.74, 6) is -0.621. The lowest BCUT2D eigenvalue weighted by atomic mass is 10.1. The van der Waals surface area contributed by atoms with Crippen LogP contribution < -0.4 is 10.4 Å². The second kappa shape index (κ2) is 5.09. The number of hydrogen-bond donors (Lipinski definition) is 0. The number of nitrogens with zero attached hydrogens (tertiary/aromatic N) is 2. The predicted octanol–water partition coefficient (Wildman–Crippen LogP) is 1.22. The van der Waals surface area contributed by atoms with Gasteiger partial charge in [-0.25, -0.2) is 9.18 Å². The normalized spacial score (nSPS) is 10.5. The monoisotopic (exact) mass is 264 g/mol. The summed E-state index contributed by atoms with van der Waals surface area (Å²) in [4.78, 5) is 23.7. The maximum atomic E-state index is 13.2. The third-order valence-electron chi connectivity index (χ3n) is 2.79. The van der Waals surface area contributed by atoms with Crippen molar-refractivity contribution in [3.63, 3.8) is 0 Å². The van der Waals surface area contributed by atoms with Crippen molar-refractivity contribution in [2.24, 2.45) is 7.05 Å². The van der Waals surface area contributed by atoms with Crippen molar-refractivity contribution in [2.75, 3.05) is 7.11 Å². The smallest absolute Gasteiger partial charge is 0.328 e. The summed E-state index contributed by atoms with van der Waals surface area (Å²) in [7, 11) is 2.99. The van der Waals surface area contributed by atoms with E-state index in [-0.39, 0.29) is 29.3 Å². The van der Waals surface area contributed by atoms with Crippen molar-refractivity contribution in [1.82, 2.24) is 9.13 Å². The number of halogens is 1. The van der Waals surface area contributed by atoms with Crippen LogP contribution in [0.4, 0.5) is 4.39 Å². The Kier molecular flexibility index (Phi) is 3.50. The van der Waals surface area contributed by atoms with E-state index >= 15 is 0 Å². The van der Waals surface area contributed by atoms with Crippen molar-refractivity contribution in [3.05, 3.63) is 52.5 Å². The molecular weight excluding hydrogens is 251 g/mol. The number of carbonyl (C=O) groups excluding carboxylic acids is 1. The van der Waals surface area contributed by atoms with Gasteiger partial charge in [-0.05, 0) is 18.2 Å². The number of aryl methyl sites for hydroxylation is 1. The van der Waals surface area contributed by atoms with Gasteiger partial charge in [0.1, 0.15) is 11.6 Å². The molecule has 0 radical (unpaired) electrons. The molecule has 19 heavy (non-hydrogen) atoms. The average molecular weight is 264 g/mol. The van der Waals surface area contributed by atoms with Crippen LogP contribution in [-0.2, 0) is 13.6 Å². The molecule has 1 heterocycles. The molecule has 100 valence electrons. The van der Waals surface area contributed by atoms with Gasteiger partial charge < -0.3 is 9.30 Å². The van der Waals surface area contributed by atoms with E-state index in [0.717, 1.165) is 6.07 Å². The van der Waals surface area contributed by atoms with Gasteiger partial charge >= 0.3 is 5.69 Å². The number of ketones is 1. The lowest BCUT2D eigenvalue weighted by Crippen LogP contribution is -2.25. The van der Waals surface area contributed by atoms with Gasteiger partial charge in [-0.3, -0.25) is 9.36 Å². The van der Waals surface area contributed by atoms with E-state index in [1.54, 1.807) is 13.2 Å². The topological polar surface area (TPSA) is 53.2 Å². The largest absolute Gasteiger partial charge is 0.496 e. The Morgan fingerprint density at radius 3 is 2.68 bits per heavy atom.